The zero-order valence-electron chi connectivity index (χ0n) is 18.8. The van der Waals surface area contributed by atoms with Crippen molar-refractivity contribution in [2.24, 2.45) is 4.99 Å². The van der Waals surface area contributed by atoms with Gasteiger partial charge in [-0.3, -0.25) is 4.99 Å². The van der Waals surface area contributed by atoms with Gasteiger partial charge in [0.05, 0.1) is 12.8 Å². The first-order valence-electron chi connectivity index (χ1n) is 10.1. The van der Waals surface area contributed by atoms with Crippen molar-refractivity contribution in [3.63, 3.8) is 0 Å². The number of allylic oxidation sites excluding steroid dienone is 1. The van der Waals surface area contributed by atoms with Crippen molar-refractivity contribution in [3.05, 3.63) is 65.1 Å². The van der Waals surface area contributed by atoms with E-state index in [2.05, 4.69) is 15.0 Å². The second kappa shape index (κ2) is 9.46. The van der Waals surface area contributed by atoms with Crippen LogP contribution in [0, 0.1) is 18.6 Å². The number of hydrogen-bond acceptors (Lipinski definition) is 5. The third-order valence-corrected chi connectivity index (χ3v) is 5.26. The third kappa shape index (κ3) is 5.06. The Hall–Kier alpha value is -3.40. The molecule has 1 heterocycles. The number of alkyl halides is 3. The lowest BCUT2D eigenvalue weighted by Crippen LogP contribution is -2.47. The lowest BCUT2D eigenvalue weighted by Gasteiger charge is -2.28. The molecule has 5 nitrogen and oxygen atoms in total. The van der Waals surface area contributed by atoms with E-state index in [-0.39, 0.29) is 39.3 Å². The van der Waals surface area contributed by atoms with Crippen molar-refractivity contribution < 1.29 is 31.8 Å². The highest BCUT2D eigenvalue weighted by molar-refractivity contribution is 5.92. The number of fused-ring (bicyclic) bond motifs is 1. The summed E-state index contributed by atoms with van der Waals surface area (Å²) in [6.07, 6.45) is -4.43. The Morgan fingerprint density at radius 1 is 1.12 bits per heavy atom. The molecule has 1 aromatic heterocycles. The van der Waals surface area contributed by atoms with Crippen LogP contribution in [0.1, 0.15) is 31.7 Å². The van der Waals surface area contributed by atoms with Crippen molar-refractivity contribution in [3.8, 4) is 5.75 Å². The van der Waals surface area contributed by atoms with Crippen molar-refractivity contribution in [1.82, 2.24) is 9.97 Å². The largest absolute Gasteiger partial charge is 0.494 e. The topological polar surface area (TPSA) is 67.6 Å². The van der Waals surface area contributed by atoms with Gasteiger partial charge in [-0.2, -0.15) is 13.2 Å². The zero-order valence-corrected chi connectivity index (χ0v) is 18.8. The lowest BCUT2D eigenvalue weighted by molar-refractivity contribution is -0.226. The van der Waals surface area contributed by atoms with E-state index in [9.17, 15) is 27.1 Å². The summed E-state index contributed by atoms with van der Waals surface area (Å²) in [5.74, 6) is -1.22. The van der Waals surface area contributed by atoms with Gasteiger partial charge in [0, 0.05) is 24.2 Å². The van der Waals surface area contributed by atoms with Crippen LogP contribution in [0.5, 0.6) is 5.75 Å². The number of rotatable bonds is 6. The van der Waals surface area contributed by atoms with E-state index in [4.69, 9.17) is 4.74 Å². The summed E-state index contributed by atoms with van der Waals surface area (Å²) in [7, 11) is 1.27. The molecule has 0 aliphatic heterocycles. The quantitative estimate of drug-likeness (QED) is 0.343. The van der Waals surface area contributed by atoms with E-state index in [0.29, 0.717) is 11.8 Å². The number of hydrogen-bond donors (Lipinski definition) is 1. The molecule has 1 atom stereocenters. The molecule has 0 amide bonds. The fraction of sp³-hybridized carbons (Fsp3) is 0.292. The first-order valence-corrected chi connectivity index (χ1v) is 10.1. The number of aryl methyl sites for hydroxylation is 1. The molecule has 3 rings (SSSR count). The predicted molar refractivity (Wildman–Crippen MR) is 119 cm³/mol. The maximum atomic E-state index is 14.2. The maximum Gasteiger partial charge on any atom is 0.422 e. The van der Waals surface area contributed by atoms with Gasteiger partial charge in [0.1, 0.15) is 17.2 Å². The molecule has 10 heteroatoms. The Balaban J connectivity index is 2.07. The molecule has 0 fully saturated rings. The van der Waals surface area contributed by atoms with Gasteiger partial charge in [0.25, 0.3) is 0 Å². The van der Waals surface area contributed by atoms with Gasteiger partial charge >= 0.3 is 6.18 Å². The molecule has 0 saturated carbocycles. The zero-order chi connectivity index (χ0) is 25.3. The van der Waals surface area contributed by atoms with Gasteiger partial charge in [-0.1, -0.05) is 11.6 Å². The molecule has 3 aromatic rings. The van der Waals surface area contributed by atoms with Crippen LogP contribution in [0.15, 0.2) is 47.1 Å². The molecule has 0 saturated heterocycles. The number of aliphatic hydroxyl groups is 1. The van der Waals surface area contributed by atoms with Crippen molar-refractivity contribution in [2.75, 3.05) is 7.11 Å². The smallest absolute Gasteiger partial charge is 0.422 e. The van der Waals surface area contributed by atoms with Crippen LogP contribution in [-0.2, 0) is 0 Å². The SMILES string of the molecule is COc1ccc(C(CC(O)(C=Nc2ccc(F)c3nc(C)ncc23)C(F)(F)F)=C(C)C)cc1F. The molecule has 2 aromatic carbocycles. The van der Waals surface area contributed by atoms with E-state index in [1.165, 1.54) is 31.5 Å². The van der Waals surface area contributed by atoms with Crippen molar-refractivity contribution in [2.45, 2.75) is 39.0 Å². The van der Waals surface area contributed by atoms with Gasteiger partial charge in [-0.05, 0) is 56.2 Å². The van der Waals surface area contributed by atoms with E-state index in [1.807, 2.05) is 0 Å². The van der Waals surface area contributed by atoms with Crippen LogP contribution in [-0.4, -0.2) is 40.2 Å². The number of aliphatic imine (C=N–C) groups is 1. The maximum absolute atomic E-state index is 14.2. The van der Waals surface area contributed by atoms with Gasteiger partial charge < -0.3 is 9.84 Å². The first kappa shape index (κ1) is 25.2. The van der Waals surface area contributed by atoms with Crippen LogP contribution < -0.4 is 4.74 Å². The molecule has 0 radical (unpaired) electrons. The predicted octanol–water partition coefficient (Wildman–Crippen LogP) is 6.10. The van der Waals surface area contributed by atoms with Crippen molar-refractivity contribution >= 4 is 28.4 Å². The summed E-state index contributed by atoms with van der Waals surface area (Å²) in [5.41, 5.74) is -2.87. The Labute approximate surface area is 192 Å². The number of methoxy groups -OCH3 is 1. The van der Waals surface area contributed by atoms with Crippen LogP contribution in [0.4, 0.5) is 27.6 Å². The van der Waals surface area contributed by atoms with Crippen molar-refractivity contribution in [1.29, 1.82) is 0 Å². The highest BCUT2D eigenvalue weighted by Crippen LogP contribution is 2.39. The number of aromatic nitrogens is 2. The molecule has 0 bridgehead atoms. The highest BCUT2D eigenvalue weighted by Gasteiger charge is 2.53. The Kier molecular flexibility index (Phi) is 7.02. The van der Waals surface area contributed by atoms with Gasteiger partial charge in [-0.25, -0.2) is 18.7 Å². The summed E-state index contributed by atoms with van der Waals surface area (Å²) < 4.78 is 75.3. The minimum Gasteiger partial charge on any atom is -0.494 e. The fourth-order valence-electron chi connectivity index (χ4n) is 3.36. The average molecular weight is 479 g/mol. The standard InChI is InChI=1S/C24H22F5N3O2/c1-13(2)16(15-5-8-21(34-4)19(26)9-15)10-23(33,24(27,28)29)12-31-20-7-6-18(25)22-17(20)11-30-14(3)32-22/h5-9,11-12,33H,10H2,1-4H3. The molecule has 0 spiro atoms. The highest BCUT2D eigenvalue weighted by atomic mass is 19.4. The molecule has 1 N–H and O–H groups in total. The molecular weight excluding hydrogens is 457 g/mol. The molecule has 180 valence electrons. The normalized spacial score (nSPS) is 13.8. The molecular formula is C24H22F5N3O2. The van der Waals surface area contributed by atoms with Gasteiger partial charge in [-0.15, -0.1) is 0 Å². The Morgan fingerprint density at radius 3 is 2.41 bits per heavy atom. The second-order valence-electron chi connectivity index (χ2n) is 7.93. The Morgan fingerprint density at radius 2 is 1.82 bits per heavy atom. The van der Waals surface area contributed by atoms with Gasteiger partial charge in [0.2, 0.25) is 0 Å². The van der Waals surface area contributed by atoms with Crippen LogP contribution >= 0.6 is 0 Å². The molecule has 34 heavy (non-hydrogen) atoms. The minimum atomic E-state index is -5.12. The minimum absolute atomic E-state index is 0.0479. The van der Waals surface area contributed by atoms with Crippen LogP contribution in [0.25, 0.3) is 16.5 Å². The summed E-state index contributed by atoms with van der Waals surface area (Å²) in [6.45, 7) is 4.65. The van der Waals surface area contributed by atoms with E-state index in [0.717, 1.165) is 12.1 Å². The molecule has 1 unspecified atom stereocenters. The number of ether oxygens (including phenoxy) is 1. The van der Waals surface area contributed by atoms with Gasteiger partial charge in [0.15, 0.2) is 17.2 Å². The average Bonchev–Trinajstić information content (AvgIpc) is 2.76. The monoisotopic (exact) mass is 479 g/mol. The summed E-state index contributed by atoms with van der Waals surface area (Å²) in [5, 5.41) is 10.8. The summed E-state index contributed by atoms with van der Waals surface area (Å²) >= 11 is 0. The fourth-order valence-corrected chi connectivity index (χ4v) is 3.36. The molecule has 0 aliphatic carbocycles. The van der Waals surface area contributed by atoms with E-state index < -0.39 is 29.8 Å². The van der Waals surface area contributed by atoms with E-state index >= 15 is 0 Å². The number of nitrogens with zero attached hydrogens (tertiary/aromatic N) is 3. The van der Waals surface area contributed by atoms with Crippen LogP contribution in [0.2, 0.25) is 0 Å². The molecule has 0 aliphatic rings. The number of benzene rings is 2. The Bertz CT molecular complexity index is 1280. The summed E-state index contributed by atoms with van der Waals surface area (Å²) in [4.78, 5) is 11.7. The second-order valence-corrected chi connectivity index (χ2v) is 7.93. The first-order chi connectivity index (χ1) is 15.9. The summed E-state index contributed by atoms with van der Waals surface area (Å²) in [6, 6.07) is 5.94. The van der Waals surface area contributed by atoms with Crippen LogP contribution in [0.3, 0.4) is 0 Å². The number of halogens is 5. The third-order valence-electron chi connectivity index (χ3n) is 5.26. The van der Waals surface area contributed by atoms with E-state index in [1.54, 1.807) is 20.8 Å². The lowest BCUT2D eigenvalue weighted by atomic mass is 9.88.